The average Bonchev–Trinajstić information content (AvgIpc) is 3.16. The van der Waals surface area contributed by atoms with E-state index in [1.54, 1.807) is 36.6 Å². The number of rotatable bonds is 6. The Balaban J connectivity index is 1.61. The van der Waals surface area contributed by atoms with E-state index in [9.17, 15) is 13.2 Å². The molecule has 3 rings (SSSR count). The van der Waals surface area contributed by atoms with Gasteiger partial charge in [-0.1, -0.05) is 29.3 Å². The number of nitrogens with one attached hydrogen (secondary N) is 1. The van der Waals surface area contributed by atoms with Crippen LogP contribution in [0.1, 0.15) is 24.2 Å². The molecule has 1 unspecified atom stereocenters. The van der Waals surface area contributed by atoms with E-state index in [1.165, 1.54) is 4.31 Å². The van der Waals surface area contributed by atoms with Gasteiger partial charge >= 0.3 is 0 Å². The molecule has 1 atom stereocenters. The van der Waals surface area contributed by atoms with Crippen LogP contribution >= 0.6 is 23.2 Å². The highest BCUT2D eigenvalue weighted by atomic mass is 35.5. The van der Waals surface area contributed by atoms with Crippen molar-refractivity contribution in [2.24, 2.45) is 5.92 Å². The highest BCUT2D eigenvalue weighted by molar-refractivity contribution is 7.88. The zero-order valence-corrected chi connectivity index (χ0v) is 16.9. The van der Waals surface area contributed by atoms with Crippen LogP contribution in [0.4, 0.5) is 0 Å². The fourth-order valence-corrected chi connectivity index (χ4v) is 4.99. The molecule has 2 heterocycles. The molecule has 9 heteroatoms. The molecule has 1 aliphatic heterocycles. The third-order valence-corrected chi connectivity index (χ3v) is 7.05. The fourth-order valence-electron chi connectivity index (χ4n) is 3.07. The Hall–Kier alpha value is -1.54. The lowest BCUT2D eigenvalue weighted by Gasteiger charge is -2.31. The third kappa shape index (κ3) is 5.25. The highest BCUT2D eigenvalue weighted by Crippen LogP contribution is 2.26. The van der Waals surface area contributed by atoms with Crippen molar-refractivity contribution in [2.45, 2.75) is 25.1 Å². The molecule has 0 spiro atoms. The van der Waals surface area contributed by atoms with Crippen molar-refractivity contribution in [1.82, 2.24) is 9.62 Å². The van der Waals surface area contributed by atoms with Gasteiger partial charge in [-0.15, -0.1) is 0 Å². The van der Waals surface area contributed by atoms with E-state index in [4.69, 9.17) is 27.6 Å². The number of carbonyl (C=O) groups is 1. The van der Waals surface area contributed by atoms with Crippen LogP contribution in [0.3, 0.4) is 0 Å². The highest BCUT2D eigenvalue weighted by Gasteiger charge is 2.32. The first-order chi connectivity index (χ1) is 12.8. The quantitative estimate of drug-likeness (QED) is 0.760. The molecule has 0 bridgehead atoms. The van der Waals surface area contributed by atoms with Crippen molar-refractivity contribution < 1.29 is 17.6 Å². The Morgan fingerprint density at radius 2 is 2.07 bits per heavy atom. The molecule has 1 amide bonds. The lowest BCUT2D eigenvalue weighted by Crippen LogP contribution is -2.45. The van der Waals surface area contributed by atoms with Gasteiger partial charge in [0.05, 0.1) is 34.5 Å². The van der Waals surface area contributed by atoms with E-state index in [2.05, 4.69) is 5.32 Å². The van der Waals surface area contributed by atoms with E-state index in [-0.39, 0.29) is 24.1 Å². The van der Waals surface area contributed by atoms with Gasteiger partial charge in [-0.25, -0.2) is 12.7 Å². The van der Waals surface area contributed by atoms with Crippen LogP contribution in [-0.4, -0.2) is 31.7 Å². The zero-order chi connectivity index (χ0) is 19.4. The molecule has 6 nitrogen and oxygen atoms in total. The Morgan fingerprint density at radius 3 is 2.78 bits per heavy atom. The molecule has 1 N–H and O–H groups in total. The van der Waals surface area contributed by atoms with Crippen molar-refractivity contribution in [3.05, 3.63) is 58.0 Å². The predicted molar refractivity (Wildman–Crippen MR) is 104 cm³/mol. The third-order valence-electron chi connectivity index (χ3n) is 4.50. The van der Waals surface area contributed by atoms with Gasteiger partial charge in [0.15, 0.2) is 0 Å². The van der Waals surface area contributed by atoms with Crippen molar-refractivity contribution in [3.8, 4) is 0 Å². The minimum Gasteiger partial charge on any atom is -0.467 e. The number of hydrogen-bond donors (Lipinski definition) is 1. The fraction of sp³-hybridized carbons (Fsp3) is 0.389. The Morgan fingerprint density at radius 1 is 1.26 bits per heavy atom. The summed E-state index contributed by atoms with van der Waals surface area (Å²) in [6.45, 7) is 0.873. The molecule has 1 aliphatic rings. The van der Waals surface area contributed by atoms with Crippen molar-refractivity contribution >= 4 is 39.1 Å². The van der Waals surface area contributed by atoms with E-state index in [0.29, 0.717) is 47.3 Å². The van der Waals surface area contributed by atoms with Crippen LogP contribution in [0.25, 0.3) is 0 Å². The number of amides is 1. The SMILES string of the molecule is O=C(NCc1ccco1)C1CCCN(S(=O)(=O)Cc2ccc(Cl)c(Cl)c2)C1. The Kier molecular flexibility index (Phi) is 6.47. The molecule has 1 aromatic carbocycles. The van der Waals surface area contributed by atoms with Crippen molar-refractivity contribution in [1.29, 1.82) is 0 Å². The van der Waals surface area contributed by atoms with Gasteiger partial charge in [0.2, 0.25) is 15.9 Å². The lowest BCUT2D eigenvalue weighted by atomic mass is 9.99. The van der Waals surface area contributed by atoms with E-state index >= 15 is 0 Å². The van der Waals surface area contributed by atoms with Crippen LogP contribution < -0.4 is 5.32 Å². The van der Waals surface area contributed by atoms with E-state index < -0.39 is 10.0 Å². The standard InChI is InChI=1S/C18H20Cl2N2O4S/c19-16-6-5-13(9-17(16)20)12-27(24,25)22-7-1-3-14(11-22)18(23)21-10-15-4-2-8-26-15/h2,4-6,8-9,14H,1,3,7,10-12H2,(H,21,23). The minimum absolute atomic E-state index is 0.166. The van der Waals surface area contributed by atoms with Crippen molar-refractivity contribution in [3.63, 3.8) is 0 Å². The second kappa shape index (κ2) is 8.65. The van der Waals surface area contributed by atoms with Crippen LogP contribution in [0.5, 0.6) is 0 Å². The zero-order valence-electron chi connectivity index (χ0n) is 14.5. The summed E-state index contributed by atoms with van der Waals surface area (Å²) in [4.78, 5) is 12.4. The van der Waals surface area contributed by atoms with Gasteiger partial charge in [-0.05, 0) is 42.7 Å². The molecule has 1 saturated heterocycles. The van der Waals surface area contributed by atoms with Crippen molar-refractivity contribution in [2.75, 3.05) is 13.1 Å². The molecule has 1 aromatic heterocycles. The van der Waals surface area contributed by atoms with Gasteiger partial charge in [-0.3, -0.25) is 4.79 Å². The number of piperidine rings is 1. The number of benzene rings is 1. The summed E-state index contributed by atoms with van der Waals surface area (Å²) < 4.78 is 32.1. The number of hydrogen-bond acceptors (Lipinski definition) is 4. The number of sulfonamides is 1. The van der Waals surface area contributed by atoms with Crippen LogP contribution in [0, 0.1) is 5.92 Å². The van der Waals surface area contributed by atoms with Crippen LogP contribution in [0.15, 0.2) is 41.0 Å². The summed E-state index contributed by atoms with van der Waals surface area (Å²) in [5, 5.41) is 3.50. The monoisotopic (exact) mass is 430 g/mol. The van der Waals surface area contributed by atoms with Gasteiger partial charge < -0.3 is 9.73 Å². The maximum atomic E-state index is 12.8. The predicted octanol–water partition coefficient (Wildman–Crippen LogP) is 3.44. The topological polar surface area (TPSA) is 79.6 Å². The average molecular weight is 431 g/mol. The van der Waals surface area contributed by atoms with Gasteiger partial charge in [0.25, 0.3) is 0 Å². The molecule has 0 saturated carbocycles. The molecule has 0 aliphatic carbocycles. The second-order valence-electron chi connectivity index (χ2n) is 6.50. The van der Waals surface area contributed by atoms with Gasteiger partial charge in [0, 0.05) is 13.1 Å². The molecule has 0 radical (unpaired) electrons. The Labute approximate surface area is 168 Å². The first kappa shape index (κ1) is 20.2. The number of furan rings is 1. The van der Waals surface area contributed by atoms with E-state index in [1.807, 2.05) is 0 Å². The molecule has 1 fully saturated rings. The summed E-state index contributed by atoms with van der Waals surface area (Å²) in [6.07, 6.45) is 2.83. The summed E-state index contributed by atoms with van der Waals surface area (Å²) in [6, 6.07) is 8.30. The smallest absolute Gasteiger partial charge is 0.224 e. The van der Waals surface area contributed by atoms with Gasteiger partial charge in [-0.2, -0.15) is 0 Å². The summed E-state index contributed by atoms with van der Waals surface area (Å²) in [5.41, 5.74) is 0.564. The van der Waals surface area contributed by atoms with Crippen LogP contribution in [-0.2, 0) is 27.1 Å². The van der Waals surface area contributed by atoms with Gasteiger partial charge in [0.1, 0.15) is 5.76 Å². The number of carbonyl (C=O) groups excluding carboxylic acids is 1. The summed E-state index contributed by atoms with van der Waals surface area (Å²) in [7, 11) is -3.56. The van der Waals surface area contributed by atoms with E-state index in [0.717, 1.165) is 0 Å². The largest absolute Gasteiger partial charge is 0.467 e. The molecule has 2 aromatic rings. The summed E-state index contributed by atoms with van der Waals surface area (Å²) >= 11 is 11.8. The molecule has 146 valence electrons. The maximum Gasteiger partial charge on any atom is 0.224 e. The molecular weight excluding hydrogens is 411 g/mol. The number of nitrogens with zero attached hydrogens (tertiary/aromatic N) is 1. The Bertz CT molecular complexity index is 900. The first-order valence-corrected chi connectivity index (χ1v) is 10.9. The minimum atomic E-state index is -3.56. The normalized spacial score (nSPS) is 18.4. The lowest BCUT2D eigenvalue weighted by molar-refractivity contribution is -0.126. The molecular formula is C18H20Cl2N2O4S. The maximum absolute atomic E-state index is 12.8. The summed E-state index contributed by atoms with van der Waals surface area (Å²) in [5.74, 6) is -0.0636. The number of halogens is 2. The molecule has 27 heavy (non-hydrogen) atoms. The van der Waals surface area contributed by atoms with Crippen LogP contribution in [0.2, 0.25) is 10.0 Å². The second-order valence-corrected chi connectivity index (χ2v) is 9.28. The first-order valence-electron chi connectivity index (χ1n) is 8.57.